The molecule has 0 N–H and O–H groups in total. The van der Waals surface area contributed by atoms with Crippen LogP contribution in [0.2, 0.25) is 0 Å². The smallest absolute Gasteiger partial charge is 0.286 e. The summed E-state index contributed by atoms with van der Waals surface area (Å²) in [5, 5.41) is 0.541. The lowest BCUT2D eigenvalue weighted by molar-refractivity contribution is 0.716. The zero-order valence-corrected chi connectivity index (χ0v) is 12.9. The van der Waals surface area contributed by atoms with Crippen LogP contribution in [0.4, 0.5) is 0 Å². The molecule has 0 spiro atoms. The van der Waals surface area contributed by atoms with Crippen LogP contribution in [0.1, 0.15) is 33.4 Å². The standard InChI is InChI=1S/C8H9N3O2S.2C2H6/c1-4-5-6(12)10(2)8(13)11(3)7(5)14-9-4;2*1-2/h1-3H3;2*1-2H3. The van der Waals surface area contributed by atoms with E-state index >= 15 is 0 Å². The summed E-state index contributed by atoms with van der Waals surface area (Å²) in [6.07, 6.45) is 0. The van der Waals surface area contributed by atoms with Gasteiger partial charge in [0.15, 0.2) is 0 Å². The summed E-state index contributed by atoms with van der Waals surface area (Å²) in [4.78, 5) is 23.9. The highest BCUT2D eigenvalue weighted by Crippen LogP contribution is 2.15. The van der Waals surface area contributed by atoms with Gasteiger partial charge in [0.25, 0.3) is 5.56 Å². The van der Waals surface area contributed by atoms with E-state index in [-0.39, 0.29) is 11.2 Å². The van der Waals surface area contributed by atoms with E-state index in [1.165, 1.54) is 23.1 Å². The fourth-order valence-electron chi connectivity index (χ4n) is 1.40. The van der Waals surface area contributed by atoms with Gasteiger partial charge in [-0.25, -0.2) is 4.79 Å². The quantitative estimate of drug-likeness (QED) is 0.737. The topological polar surface area (TPSA) is 56.9 Å². The number of aromatic nitrogens is 3. The summed E-state index contributed by atoms with van der Waals surface area (Å²) in [6.45, 7) is 9.77. The number of fused-ring (bicyclic) bond motifs is 1. The highest BCUT2D eigenvalue weighted by Gasteiger charge is 2.12. The Morgan fingerprint density at radius 1 is 1.00 bits per heavy atom. The predicted molar refractivity (Wildman–Crippen MR) is 77.5 cm³/mol. The van der Waals surface area contributed by atoms with Crippen molar-refractivity contribution in [2.75, 3.05) is 0 Å². The second kappa shape index (κ2) is 7.10. The maximum Gasteiger partial charge on any atom is 0.331 e. The Bertz CT molecular complexity index is 623. The highest BCUT2D eigenvalue weighted by atomic mass is 32.1. The van der Waals surface area contributed by atoms with Crippen LogP contribution >= 0.6 is 11.5 Å². The molecule has 0 aromatic carbocycles. The average Bonchev–Trinajstić information content (AvgIpc) is 2.81. The van der Waals surface area contributed by atoms with E-state index in [1.54, 1.807) is 14.0 Å². The molecule has 0 saturated carbocycles. The third-order valence-electron chi connectivity index (χ3n) is 2.24. The molecule has 0 aliphatic carbocycles. The summed E-state index contributed by atoms with van der Waals surface area (Å²) in [5.41, 5.74) is 0.0988. The maximum absolute atomic E-state index is 11.7. The Morgan fingerprint density at radius 3 is 2.00 bits per heavy atom. The van der Waals surface area contributed by atoms with Crippen molar-refractivity contribution >= 4 is 21.7 Å². The third kappa shape index (κ3) is 2.69. The molecular weight excluding hydrogens is 250 g/mol. The van der Waals surface area contributed by atoms with Crippen LogP contribution in [0, 0.1) is 6.92 Å². The van der Waals surface area contributed by atoms with Crippen LogP contribution in [0.5, 0.6) is 0 Å². The SMILES string of the molecule is CC.CC.Cc1nsc2c1c(=O)n(C)c(=O)n2C. The molecule has 0 saturated heterocycles. The molecular formula is C12H21N3O2S. The van der Waals surface area contributed by atoms with E-state index in [1.807, 2.05) is 27.7 Å². The fourth-order valence-corrected chi connectivity index (χ4v) is 2.24. The Morgan fingerprint density at radius 2 is 1.50 bits per heavy atom. The van der Waals surface area contributed by atoms with Crippen molar-refractivity contribution in [2.24, 2.45) is 14.1 Å². The van der Waals surface area contributed by atoms with Crippen molar-refractivity contribution < 1.29 is 0 Å². The number of hydrogen-bond donors (Lipinski definition) is 0. The van der Waals surface area contributed by atoms with E-state index < -0.39 is 0 Å². The molecule has 5 nitrogen and oxygen atoms in total. The monoisotopic (exact) mass is 271 g/mol. The molecule has 0 atom stereocenters. The zero-order valence-electron chi connectivity index (χ0n) is 12.1. The minimum absolute atomic E-state index is 0.269. The Hall–Kier alpha value is -1.43. The molecule has 2 aromatic heterocycles. The largest absolute Gasteiger partial charge is 0.331 e. The lowest BCUT2D eigenvalue weighted by atomic mass is 10.3. The van der Waals surface area contributed by atoms with Crippen LogP contribution in [0.25, 0.3) is 10.2 Å². The van der Waals surface area contributed by atoms with E-state index in [2.05, 4.69) is 4.37 Å². The van der Waals surface area contributed by atoms with Crippen molar-refractivity contribution in [1.29, 1.82) is 0 Å². The van der Waals surface area contributed by atoms with Gasteiger partial charge < -0.3 is 0 Å². The normalized spacial score (nSPS) is 9.28. The van der Waals surface area contributed by atoms with Crippen LogP contribution in [-0.2, 0) is 14.1 Å². The first-order valence-corrected chi connectivity index (χ1v) is 6.83. The van der Waals surface area contributed by atoms with Gasteiger partial charge in [0.05, 0.1) is 11.1 Å². The Kier molecular flexibility index (Phi) is 6.54. The summed E-state index contributed by atoms with van der Waals surface area (Å²) >= 11 is 1.18. The summed E-state index contributed by atoms with van der Waals surface area (Å²) in [7, 11) is 3.11. The molecule has 6 heteroatoms. The molecule has 0 fully saturated rings. The van der Waals surface area contributed by atoms with Crippen LogP contribution in [0.15, 0.2) is 9.59 Å². The highest BCUT2D eigenvalue weighted by molar-refractivity contribution is 7.13. The number of nitrogens with zero attached hydrogens (tertiary/aromatic N) is 3. The maximum atomic E-state index is 11.7. The van der Waals surface area contributed by atoms with Gasteiger partial charge >= 0.3 is 5.69 Å². The van der Waals surface area contributed by atoms with Crippen molar-refractivity contribution in [3.63, 3.8) is 0 Å². The fraction of sp³-hybridized carbons (Fsp3) is 0.583. The summed E-state index contributed by atoms with van der Waals surface area (Å²) in [5.74, 6) is 0. The molecule has 2 rings (SSSR count). The van der Waals surface area contributed by atoms with Crippen LogP contribution in [-0.4, -0.2) is 13.5 Å². The van der Waals surface area contributed by atoms with E-state index in [0.29, 0.717) is 15.9 Å². The zero-order chi connectivity index (χ0) is 14.5. The van der Waals surface area contributed by atoms with Gasteiger partial charge in [-0.05, 0) is 18.5 Å². The predicted octanol–water partition coefficient (Wildman–Crippen LogP) is 2.05. The molecule has 2 aromatic rings. The lowest BCUT2D eigenvalue weighted by Gasteiger charge is -2.01. The molecule has 2 heterocycles. The third-order valence-corrected chi connectivity index (χ3v) is 3.26. The Labute approximate surface area is 111 Å². The van der Waals surface area contributed by atoms with E-state index in [4.69, 9.17) is 0 Å². The first-order valence-electron chi connectivity index (χ1n) is 6.06. The molecule has 0 unspecified atom stereocenters. The van der Waals surface area contributed by atoms with Gasteiger partial charge in [0, 0.05) is 14.1 Å². The molecule has 102 valence electrons. The second-order valence-corrected chi connectivity index (χ2v) is 3.91. The Balaban J connectivity index is 0.000000659. The van der Waals surface area contributed by atoms with Gasteiger partial charge in [0.1, 0.15) is 4.83 Å². The number of aryl methyl sites for hydroxylation is 2. The summed E-state index contributed by atoms with van der Waals surface area (Å²) in [6, 6.07) is 0. The minimum atomic E-state index is -0.314. The molecule has 0 bridgehead atoms. The van der Waals surface area contributed by atoms with Crippen molar-refractivity contribution in [3.05, 3.63) is 26.5 Å². The lowest BCUT2D eigenvalue weighted by Crippen LogP contribution is -2.36. The van der Waals surface area contributed by atoms with E-state index in [0.717, 1.165) is 4.57 Å². The molecule has 18 heavy (non-hydrogen) atoms. The van der Waals surface area contributed by atoms with Gasteiger partial charge in [-0.2, -0.15) is 4.37 Å². The van der Waals surface area contributed by atoms with Gasteiger partial charge in [-0.1, -0.05) is 27.7 Å². The first kappa shape index (κ1) is 16.6. The van der Waals surface area contributed by atoms with Crippen molar-refractivity contribution in [2.45, 2.75) is 34.6 Å². The molecule has 0 amide bonds. The molecule has 0 aliphatic heterocycles. The van der Waals surface area contributed by atoms with Crippen LogP contribution < -0.4 is 11.2 Å². The average molecular weight is 271 g/mol. The van der Waals surface area contributed by atoms with Crippen molar-refractivity contribution in [3.8, 4) is 0 Å². The summed E-state index contributed by atoms with van der Waals surface area (Å²) < 4.78 is 6.62. The van der Waals surface area contributed by atoms with Crippen molar-refractivity contribution in [1.82, 2.24) is 13.5 Å². The molecule has 0 aliphatic rings. The van der Waals surface area contributed by atoms with Gasteiger partial charge in [0.2, 0.25) is 0 Å². The minimum Gasteiger partial charge on any atom is -0.286 e. The molecule has 0 radical (unpaired) electrons. The first-order chi connectivity index (χ1) is 8.54. The second-order valence-electron chi connectivity index (χ2n) is 3.15. The van der Waals surface area contributed by atoms with Gasteiger partial charge in [-0.3, -0.25) is 13.9 Å². The van der Waals surface area contributed by atoms with E-state index in [9.17, 15) is 9.59 Å². The van der Waals surface area contributed by atoms with Gasteiger partial charge in [-0.15, -0.1) is 0 Å². The van der Waals surface area contributed by atoms with Crippen LogP contribution in [0.3, 0.4) is 0 Å². The number of hydrogen-bond acceptors (Lipinski definition) is 4. The number of rotatable bonds is 0.